The van der Waals surface area contributed by atoms with Crippen molar-refractivity contribution in [3.8, 4) is 17.3 Å². The fourth-order valence-corrected chi connectivity index (χ4v) is 9.59. The van der Waals surface area contributed by atoms with Crippen molar-refractivity contribution in [2.45, 2.75) is 117 Å². The molecular formula is C62H68N4O. The van der Waals surface area contributed by atoms with Gasteiger partial charge in [-0.05, 0) is 104 Å². The molecule has 5 heteroatoms. The van der Waals surface area contributed by atoms with E-state index in [0.29, 0.717) is 6.67 Å². The molecule has 0 atom stereocenters. The Morgan fingerprint density at radius 1 is 0.433 bits per heavy atom. The number of hydrogen-bond donors (Lipinski definition) is 0. The molecule has 8 aromatic rings. The SMILES string of the molecule is CC(C)(C)c1cc(Oc2ccc3c4ccccc4n(-c4cc(C(C)(C)c5ccccc5)ccn4)c3c2)cc(N2CN(c3cc(C(C)(C)C)cc(C(C)(C)C)c3)C=C2C(C)(C)c2ccccc2)c1. The van der Waals surface area contributed by atoms with E-state index in [4.69, 9.17) is 9.72 Å². The van der Waals surface area contributed by atoms with Crippen molar-refractivity contribution < 1.29 is 4.74 Å². The molecule has 6 aromatic carbocycles. The molecule has 0 bridgehead atoms. The van der Waals surface area contributed by atoms with E-state index < -0.39 is 0 Å². The van der Waals surface area contributed by atoms with Crippen molar-refractivity contribution in [2.24, 2.45) is 0 Å². The molecule has 0 N–H and O–H groups in total. The quantitative estimate of drug-likeness (QED) is 0.145. The van der Waals surface area contributed by atoms with E-state index in [-0.39, 0.29) is 27.1 Å². The number of para-hydroxylation sites is 1. The third kappa shape index (κ3) is 8.77. The number of pyridine rings is 1. The highest BCUT2D eigenvalue weighted by Gasteiger charge is 2.37. The minimum absolute atomic E-state index is 0.00420. The molecule has 3 heterocycles. The number of anilines is 2. The van der Waals surface area contributed by atoms with Crippen LogP contribution in [0, 0.1) is 0 Å². The molecule has 9 rings (SSSR count). The summed E-state index contributed by atoms with van der Waals surface area (Å²) in [6, 6.07) is 55.2. The standard InChI is InChI=1S/C62H68N4O/c1-58(2,3)45-32-46(59(4,5)6)34-48(33-45)64-40-56(62(12,13)43-24-18-15-19-25-43)65(41-64)49-35-47(60(7,8)9)36-51(38-49)67-50-28-29-53-52-26-20-21-27-54(52)66(55(53)39-50)57-37-44(30-31-63-57)61(10,11)42-22-16-14-17-23-42/h14-40H,41H2,1-13H3. The second-order valence-electron chi connectivity index (χ2n) is 22.8. The van der Waals surface area contributed by atoms with E-state index in [2.05, 4.69) is 262 Å². The van der Waals surface area contributed by atoms with Crippen molar-refractivity contribution in [1.29, 1.82) is 0 Å². The van der Waals surface area contributed by atoms with Gasteiger partial charge in [0.05, 0.1) is 17.7 Å². The maximum absolute atomic E-state index is 7.08. The molecule has 0 saturated heterocycles. The van der Waals surface area contributed by atoms with E-state index in [1.807, 2.05) is 6.20 Å². The number of ether oxygens (including phenoxy) is 1. The van der Waals surface area contributed by atoms with Crippen molar-refractivity contribution >= 4 is 33.2 Å². The number of nitrogens with zero attached hydrogens (tertiary/aromatic N) is 4. The van der Waals surface area contributed by atoms with Gasteiger partial charge in [0, 0.05) is 63.2 Å². The Bertz CT molecular complexity index is 3100. The summed E-state index contributed by atoms with van der Waals surface area (Å²) in [4.78, 5) is 9.97. The highest BCUT2D eigenvalue weighted by molar-refractivity contribution is 6.09. The zero-order valence-electron chi connectivity index (χ0n) is 42.0. The van der Waals surface area contributed by atoms with Crippen LogP contribution in [0.5, 0.6) is 11.5 Å². The average Bonchev–Trinajstić information content (AvgIpc) is 3.90. The summed E-state index contributed by atoms with van der Waals surface area (Å²) in [6.07, 6.45) is 4.34. The van der Waals surface area contributed by atoms with Gasteiger partial charge in [-0.3, -0.25) is 4.57 Å². The smallest absolute Gasteiger partial charge is 0.137 e. The number of benzene rings is 6. The lowest BCUT2D eigenvalue weighted by Crippen LogP contribution is -2.34. The Morgan fingerprint density at radius 3 is 1.61 bits per heavy atom. The molecule has 0 radical (unpaired) electrons. The zero-order chi connectivity index (χ0) is 47.7. The first-order valence-electron chi connectivity index (χ1n) is 24.0. The average molecular weight is 885 g/mol. The Balaban J connectivity index is 1.15. The van der Waals surface area contributed by atoms with Gasteiger partial charge in [-0.2, -0.15) is 0 Å². The Morgan fingerprint density at radius 2 is 0.985 bits per heavy atom. The summed E-state index contributed by atoms with van der Waals surface area (Å²) in [7, 11) is 0. The van der Waals surface area contributed by atoms with Crippen LogP contribution in [0.3, 0.4) is 0 Å². The van der Waals surface area contributed by atoms with Crippen LogP contribution >= 0.6 is 0 Å². The van der Waals surface area contributed by atoms with E-state index in [1.165, 1.54) is 50.2 Å². The van der Waals surface area contributed by atoms with Crippen LogP contribution in [0.1, 0.15) is 123 Å². The van der Waals surface area contributed by atoms with Gasteiger partial charge in [0.25, 0.3) is 0 Å². The van der Waals surface area contributed by atoms with Crippen LogP contribution in [0.25, 0.3) is 27.6 Å². The normalized spacial score (nSPS) is 14.0. The van der Waals surface area contributed by atoms with Crippen LogP contribution in [-0.2, 0) is 27.1 Å². The first-order valence-corrected chi connectivity index (χ1v) is 24.0. The van der Waals surface area contributed by atoms with Gasteiger partial charge in [0.2, 0.25) is 0 Å². The molecule has 0 spiro atoms. The third-order valence-corrected chi connectivity index (χ3v) is 14.1. The maximum Gasteiger partial charge on any atom is 0.137 e. The summed E-state index contributed by atoms with van der Waals surface area (Å²) in [5.74, 6) is 2.45. The monoisotopic (exact) mass is 885 g/mol. The molecule has 0 aliphatic carbocycles. The predicted molar refractivity (Wildman–Crippen MR) is 284 cm³/mol. The molecule has 1 aliphatic rings. The predicted octanol–water partition coefficient (Wildman–Crippen LogP) is 16.3. The highest BCUT2D eigenvalue weighted by atomic mass is 16.5. The molecule has 0 fully saturated rings. The van der Waals surface area contributed by atoms with E-state index in [1.54, 1.807) is 0 Å². The molecule has 67 heavy (non-hydrogen) atoms. The number of hydrogen-bond acceptors (Lipinski definition) is 4. The third-order valence-electron chi connectivity index (χ3n) is 14.1. The Labute approximate surface area is 399 Å². The van der Waals surface area contributed by atoms with E-state index in [0.717, 1.165) is 39.4 Å². The minimum Gasteiger partial charge on any atom is -0.457 e. The first kappa shape index (κ1) is 45.6. The van der Waals surface area contributed by atoms with Gasteiger partial charge in [-0.1, -0.05) is 175 Å². The molecule has 5 nitrogen and oxygen atoms in total. The van der Waals surface area contributed by atoms with Gasteiger partial charge in [-0.15, -0.1) is 0 Å². The van der Waals surface area contributed by atoms with Crippen LogP contribution in [0.2, 0.25) is 0 Å². The number of allylic oxidation sites excluding steroid dienone is 1. The first-order chi connectivity index (χ1) is 31.6. The Kier molecular flexibility index (Phi) is 11.3. The van der Waals surface area contributed by atoms with E-state index in [9.17, 15) is 0 Å². The summed E-state index contributed by atoms with van der Waals surface area (Å²) in [6.45, 7) is 30.7. The fraction of sp³-hybridized carbons (Fsp3) is 0.306. The second-order valence-corrected chi connectivity index (χ2v) is 22.8. The Hall–Kier alpha value is -6.59. The van der Waals surface area contributed by atoms with Gasteiger partial charge in [0.1, 0.15) is 17.3 Å². The molecule has 0 unspecified atom stereocenters. The molecule has 342 valence electrons. The lowest BCUT2D eigenvalue weighted by molar-refractivity contribution is 0.479. The van der Waals surface area contributed by atoms with Gasteiger partial charge < -0.3 is 14.5 Å². The molecule has 1 aliphatic heterocycles. The topological polar surface area (TPSA) is 33.5 Å². The van der Waals surface area contributed by atoms with Crippen molar-refractivity contribution in [3.05, 3.63) is 203 Å². The minimum atomic E-state index is -0.316. The summed E-state index contributed by atoms with van der Waals surface area (Å²) in [5.41, 5.74) is 12.6. The van der Waals surface area contributed by atoms with Crippen LogP contribution in [0.15, 0.2) is 170 Å². The van der Waals surface area contributed by atoms with Crippen molar-refractivity contribution in [3.63, 3.8) is 0 Å². The zero-order valence-corrected chi connectivity index (χ0v) is 42.0. The number of rotatable bonds is 9. The molecule has 0 saturated carbocycles. The van der Waals surface area contributed by atoms with Crippen LogP contribution < -0.4 is 14.5 Å². The number of fused-ring (bicyclic) bond motifs is 3. The largest absolute Gasteiger partial charge is 0.457 e. The summed E-state index contributed by atoms with van der Waals surface area (Å²) < 4.78 is 9.37. The molecule has 0 amide bonds. The van der Waals surface area contributed by atoms with Crippen molar-refractivity contribution in [1.82, 2.24) is 9.55 Å². The molecule has 2 aromatic heterocycles. The van der Waals surface area contributed by atoms with Gasteiger partial charge in [-0.25, -0.2) is 4.98 Å². The summed E-state index contributed by atoms with van der Waals surface area (Å²) in [5, 5.41) is 2.33. The van der Waals surface area contributed by atoms with Gasteiger partial charge in [0.15, 0.2) is 0 Å². The van der Waals surface area contributed by atoms with Crippen molar-refractivity contribution in [2.75, 3.05) is 16.5 Å². The second kappa shape index (κ2) is 16.6. The van der Waals surface area contributed by atoms with E-state index >= 15 is 0 Å². The summed E-state index contributed by atoms with van der Waals surface area (Å²) >= 11 is 0. The lowest BCUT2D eigenvalue weighted by atomic mass is 9.78. The molecular weight excluding hydrogens is 817 g/mol. The van der Waals surface area contributed by atoms with Gasteiger partial charge >= 0.3 is 0 Å². The lowest BCUT2D eigenvalue weighted by Gasteiger charge is -2.35. The maximum atomic E-state index is 7.08. The highest BCUT2D eigenvalue weighted by Crippen LogP contribution is 2.45. The van der Waals surface area contributed by atoms with Crippen LogP contribution in [0.4, 0.5) is 11.4 Å². The number of aromatic nitrogens is 2. The van der Waals surface area contributed by atoms with Crippen LogP contribution in [-0.4, -0.2) is 16.2 Å². The fourth-order valence-electron chi connectivity index (χ4n) is 9.59.